The summed E-state index contributed by atoms with van der Waals surface area (Å²) in [4.78, 5) is 26.6. The average molecular weight is 534 g/mol. The van der Waals surface area contributed by atoms with Crippen LogP contribution in [-0.4, -0.2) is 56.9 Å². The molecule has 11 heteroatoms. The smallest absolute Gasteiger partial charge is 0.320 e. The Kier molecular flexibility index (Phi) is 7.79. The van der Waals surface area contributed by atoms with Gasteiger partial charge in [0.15, 0.2) is 5.82 Å². The van der Waals surface area contributed by atoms with Crippen molar-refractivity contribution in [2.24, 2.45) is 5.73 Å². The second-order valence-electron chi connectivity index (χ2n) is 11.0. The number of nitriles is 1. The molecule has 0 spiro atoms. The number of benzene rings is 1. The van der Waals surface area contributed by atoms with Crippen LogP contribution in [0.3, 0.4) is 0 Å². The van der Waals surface area contributed by atoms with Crippen LogP contribution in [-0.2, 0) is 15.1 Å². The van der Waals surface area contributed by atoms with Gasteiger partial charge in [0.05, 0.1) is 30.3 Å². The Labute approximate surface area is 227 Å². The summed E-state index contributed by atoms with van der Waals surface area (Å²) in [6.45, 7) is 10.6. The maximum atomic E-state index is 12.3. The lowest BCUT2D eigenvalue weighted by molar-refractivity contribution is -0.156. The molecule has 0 aliphatic carbocycles. The molecule has 1 saturated heterocycles. The molecule has 0 unspecified atom stereocenters. The van der Waals surface area contributed by atoms with Gasteiger partial charge in [-0.05, 0) is 65.2 Å². The Morgan fingerprint density at radius 3 is 2.41 bits per heavy atom. The largest absolute Gasteiger partial charge is 0.459 e. The van der Waals surface area contributed by atoms with Crippen molar-refractivity contribution in [2.45, 2.75) is 65.0 Å². The second-order valence-corrected chi connectivity index (χ2v) is 11.0. The lowest BCUT2D eigenvalue weighted by atomic mass is 9.85. The standard InChI is InChI=1S/C28H35N7O4/c1-18-24(19(2)39-33-18)20-6-8-21(9-7-20)31-26-22(25(30)37)16-35(32-26)28(10-13-29)11-14-34(15-12-28)17-23(36)38-27(3,4)5/h6-9,16H,10-12,14-15,17H2,1-5H3,(H2,30,37)(H,31,32). The molecule has 3 N–H and O–H groups in total. The molecule has 3 aromatic rings. The van der Waals surface area contributed by atoms with Crippen LogP contribution in [0.4, 0.5) is 11.5 Å². The van der Waals surface area contributed by atoms with Crippen LogP contribution in [0.25, 0.3) is 11.1 Å². The van der Waals surface area contributed by atoms with Crippen LogP contribution in [0, 0.1) is 25.2 Å². The molecule has 1 aliphatic heterocycles. The number of aryl methyl sites for hydroxylation is 2. The van der Waals surface area contributed by atoms with Gasteiger partial charge in [-0.25, -0.2) is 0 Å². The number of hydrogen-bond acceptors (Lipinski definition) is 9. The van der Waals surface area contributed by atoms with Gasteiger partial charge in [0.25, 0.3) is 5.91 Å². The van der Waals surface area contributed by atoms with Crippen LogP contribution < -0.4 is 11.1 Å². The van der Waals surface area contributed by atoms with Crippen molar-refractivity contribution in [3.05, 3.63) is 47.5 Å². The number of ether oxygens (including phenoxy) is 1. The van der Waals surface area contributed by atoms with Crippen LogP contribution in [0.5, 0.6) is 0 Å². The van der Waals surface area contributed by atoms with Crippen molar-refractivity contribution >= 4 is 23.4 Å². The van der Waals surface area contributed by atoms with E-state index in [1.165, 1.54) is 0 Å². The van der Waals surface area contributed by atoms with E-state index in [-0.39, 0.29) is 24.5 Å². The Morgan fingerprint density at radius 2 is 1.87 bits per heavy atom. The number of carbonyl (C=O) groups is 2. The zero-order chi connectivity index (χ0) is 28.4. The van der Waals surface area contributed by atoms with Gasteiger partial charge in [0.2, 0.25) is 0 Å². The minimum Gasteiger partial charge on any atom is -0.459 e. The first-order chi connectivity index (χ1) is 18.4. The fourth-order valence-corrected chi connectivity index (χ4v) is 4.96. The van der Waals surface area contributed by atoms with E-state index in [1.54, 1.807) is 10.9 Å². The molecule has 206 valence electrons. The SMILES string of the molecule is Cc1noc(C)c1-c1ccc(Nc2nn(C3(CC#N)CCN(CC(=O)OC(C)(C)C)CC3)cc2C(N)=O)cc1. The molecule has 0 saturated carbocycles. The Hall–Kier alpha value is -4.17. The zero-order valence-electron chi connectivity index (χ0n) is 23.1. The van der Waals surface area contributed by atoms with Gasteiger partial charge in [0.1, 0.15) is 16.9 Å². The quantitative estimate of drug-likeness (QED) is 0.408. The summed E-state index contributed by atoms with van der Waals surface area (Å²) in [5.74, 6) is 0.159. The lowest BCUT2D eigenvalue weighted by Gasteiger charge is -2.40. The summed E-state index contributed by atoms with van der Waals surface area (Å²) in [6.07, 6.45) is 2.98. The molecule has 3 heterocycles. The number of primary amides is 1. The number of likely N-dealkylation sites (tertiary alicyclic amines) is 1. The first kappa shape index (κ1) is 27.9. The molecule has 11 nitrogen and oxygen atoms in total. The fraction of sp³-hybridized carbons (Fsp3) is 0.464. The van der Waals surface area contributed by atoms with Crippen molar-refractivity contribution in [2.75, 3.05) is 25.0 Å². The number of hydrogen-bond donors (Lipinski definition) is 2. The van der Waals surface area contributed by atoms with Crippen LogP contribution >= 0.6 is 0 Å². The molecule has 1 aromatic carbocycles. The van der Waals surface area contributed by atoms with E-state index in [0.717, 1.165) is 28.3 Å². The molecular formula is C28H35N7O4. The maximum absolute atomic E-state index is 12.3. The van der Waals surface area contributed by atoms with Gasteiger partial charge in [-0.15, -0.1) is 0 Å². The molecule has 0 atom stereocenters. The Bertz CT molecular complexity index is 1370. The highest BCUT2D eigenvalue weighted by Gasteiger charge is 2.39. The van der Waals surface area contributed by atoms with Gasteiger partial charge >= 0.3 is 5.97 Å². The number of esters is 1. The molecule has 1 amide bonds. The summed E-state index contributed by atoms with van der Waals surface area (Å²) in [6, 6.07) is 9.92. The normalized spacial score (nSPS) is 15.5. The number of nitrogens with two attached hydrogens (primary N) is 1. The highest BCUT2D eigenvalue weighted by atomic mass is 16.6. The highest BCUT2D eigenvalue weighted by molar-refractivity contribution is 5.98. The van der Waals surface area contributed by atoms with Crippen molar-refractivity contribution in [1.82, 2.24) is 19.8 Å². The number of rotatable bonds is 8. The van der Waals surface area contributed by atoms with Crippen LogP contribution in [0.1, 0.15) is 61.8 Å². The third-order valence-corrected chi connectivity index (χ3v) is 6.90. The van der Waals surface area contributed by atoms with Crippen molar-refractivity contribution in [3.8, 4) is 17.2 Å². The topological polar surface area (TPSA) is 152 Å². The van der Waals surface area contributed by atoms with Crippen molar-refractivity contribution in [3.63, 3.8) is 0 Å². The predicted octanol–water partition coefficient (Wildman–Crippen LogP) is 4.04. The third-order valence-electron chi connectivity index (χ3n) is 6.90. The minimum atomic E-state index is -0.628. The average Bonchev–Trinajstić information content (AvgIpc) is 3.43. The molecule has 39 heavy (non-hydrogen) atoms. The van der Waals surface area contributed by atoms with Gasteiger partial charge in [-0.2, -0.15) is 10.4 Å². The van der Waals surface area contributed by atoms with Gasteiger partial charge < -0.3 is 20.3 Å². The molecule has 4 rings (SSSR count). The predicted molar refractivity (Wildman–Crippen MR) is 145 cm³/mol. The minimum absolute atomic E-state index is 0.183. The Balaban J connectivity index is 1.53. The number of nitrogens with zero attached hydrogens (tertiary/aromatic N) is 5. The first-order valence-corrected chi connectivity index (χ1v) is 12.9. The van der Waals surface area contributed by atoms with E-state index < -0.39 is 17.0 Å². The Morgan fingerprint density at radius 1 is 1.21 bits per heavy atom. The number of aromatic nitrogens is 3. The maximum Gasteiger partial charge on any atom is 0.320 e. The highest BCUT2D eigenvalue weighted by Crippen LogP contribution is 2.35. The van der Waals surface area contributed by atoms with Gasteiger partial charge in [0, 0.05) is 30.5 Å². The lowest BCUT2D eigenvalue weighted by Crippen LogP contribution is -2.48. The van der Waals surface area contributed by atoms with Crippen LogP contribution in [0.2, 0.25) is 0 Å². The molecule has 1 fully saturated rings. The summed E-state index contributed by atoms with van der Waals surface area (Å²) in [5.41, 5.74) is 8.20. The van der Waals surface area contributed by atoms with E-state index in [1.807, 2.05) is 63.8 Å². The van der Waals surface area contributed by atoms with E-state index in [2.05, 4.69) is 16.5 Å². The number of piperidine rings is 1. The summed E-state index contributed by atoms with van der Waals surface area (Å²) < 4.78 is 12.4. The second kappa shape index (κ2) is 10.9. The molecule has 0 bridgehead atoms. The summed E-state index contributed by atoms with van der Waals surface area (Å²) in [7, 11) is 0. The van der Waals surface area contributed by atoms with Crippen LogP contribution in [0.15, 0.2) is 35.0 Å². The molecular weight excluding hydrogens is 498 g/mol. The van der Waals surface area contributed by atoms with Gasteiger partial charge in [-0.3, -0.25) is 19.2 Å². The first-order valence-electron chi connectivity index (χ1n) is 12.9. The van der Waals surface area contributed by atoms with E-state index in [0.29, 0.717) is 31.7 Å². The van der Waals surface area contributed by atoms with Crippen molar-refractivity contribution in [1.29, 1.82) is 5.26 Å². The zero-order valence-corrected chi connectivity index (χ0v) is 23.1. The fourth-order valence-electron chi connectivity index (χ4n) is 4.96. The van der Waals surface area contributed by atoms with Crippen molar-refractivity contribution < 1.29 is 18.8 Å². The molecule has 0 radical (unpaired) electrons. The monoisotopic (exact) mass is 533 g/mol. The molecule has 2 aromatic heterocycles. The summed E-state index contributed by atoms with van der Waals surface area (Å²) >= 11 is 0. The number of nitrogens with one attached hydrogen (secondary N) is 1. The molecule has 1 aliphatic rings. The van der Waals surface area contributed by atoms with E-state index in [4.69, 9.17) is 20.1 Å². The number of carbonyl (C=O) groups excluding carboxylic acids is 2. The summed E-state index contributed by atoms with van der Waals surface area (Å²) in [5, 5.41) is 21.6. The van der Waals surface area contributed by atoms with Gasteiger partial charge in [-0.1, -0.05) is 17.3 Å². The third kappa shape index (κ3) is 6.29. The van der Waals surface area contributed by atoms with E-state index in [9.17, 15) is 14.9 Å². The van der Waals surface area contributed by atoms with E-state index >= 15 is 0 Å². The number of anilines is 2. The number of amides is 1.